The summed E-state index contributed by atoms with van der Waals surface area (Å²) in [7, 11) is 0. The van der Waals surface area contributed by atoms with Crippen LogP contribution in [0.1, 0.15) is 5.56 Å². The monoisotopic (exact) mass is 328 g/mol. The van der Waals surface area contributed by atoms with Gasteiger partial charge in [-0.25, -0.2) is 4.98 Å². The van der Waals surface area contributed by atoms with E-state index in [0.29, 0.717) is 5.02 Å². The van der Waals surface area contributed by atoms with Crippen LogP contribution in [0.15, 0.2) is 46.0 Å². The molecular formula is C12H10BrClN2S. The average Bonchev–Trinajstić information content (AvgIpc) is 2.32. The lowest BCUT2D eigenvalue weighted by Gasteiger charge is -2.05. The molecule has 0 bridgehead atoms. The van der Waals surface area contributed by atoms with Gasteiger partial charge in [-0.2, -0.15) is 0 Å². The number of anilines is 1. The third-order valence-corrected chi connectivity index (χ3v) is 4.38. The molecule has 2 rings (SSSR count). The van der Waals surface area contributed by atoms with E-state index in [1.54, 1.807) is 18.0 Å². The van der Waals surface area contributed by atoms with Crippen molar-refractivity contribution in [2.24, 2.45) is 0 Å². The quantitative estimate of drug-likeness (QED) is 0.671. The lowest BCUT2D eigenvalue weighted by atomic mass is 10.2. The summed E-state index contributed by atoms with van der Waals surface area (Å²) in [6, 6.07) is 9.60. The summed E-state index contributed by atoms with van der Waals surface area (Å²) in [4.78, 5) is 4.22. The van der Waals surface area contributed by atoms with Gasteiger partial charge in [-0.15, -0.1) is 11.8 Å². The molecule has 0 saturated carbocycles. The SMILES string of the molecule is Nc1cc(CSc2ncccc2Cl)ccc1Br. The summed E-state index contributed by atoms with van der Waals surface area (Å²) in [6.45, 7) is 0. The molecule has 17 heavy (non-hydrogen) atoms. The summed E-state index contributed by atoms with van der Waals surface area (Å²) in [5.74, 6) is 0.800. The van der Waals surface area contributed by atoms with Crippen molar-refractivity contribution in [3.8, 4) is 0 Å². The molecule has 5 heteroatoms. The fourth-order valence-electron chi connectivity index (χ4n) is 1.31. The number of rotatable bonds is 3. The van der Waals surface area contributed by atoms with E-state index >= 15 is 0 Å². The number of halogens is 2. The van der Waals surface area contributed by atoms with Gasteiger partial charge >= 0.3 is 0 Å². The largest absolute Gasteiger partial charge is 0.398 e. The van der Waals surface area contributed by atoms with Crippen LogP contribution in [-0.2, 0) is 5.75 Å². The Morgan fingerprint density at radius 2 is 2.18 bits per heavy atom. The van der Waals surface area contributed by atoms with E-state index in [0.717, 1.165) is 26.5 Å². The molecule has 1 heterocycles. The van der Waals surface area contributed by atoms with Crippen molar-refractivity contribution in [3.63, 3.8) is 0 Å². The first-order valence-electron chi connectivity index (χ1n) is 4.94. The highest BCUT2D eigenvalue weighted by Crippen LogP contribution is 2.29. The number of nitrogens with two attached hydrogens (primary N) is 1. The molecule has 0 unspecified atom stereocenters. The molecule has 2 N–H and O–H groups in total. The summed E-state index contributed by atoms with van der Waals surface area (Å²) in [5.41, 5.74) is 7.72. The van der Waals surface area contributed by atoms with E-state index in [2.05, 4.69) is 20.9 Å². The normalized spacial score (nSPS) is 10.5. The van der Waals surface area contributed by atoms with Crippen molar-refractivity contribution in [2.45, 2.75) is 10.8 Å². The number of pyridine rings is 1. The highest BCUT2D eigenvalue weighted by Gasteiger charge is 2.03. The molecule has 0 aliphatic heterocycles. The maximum absolute atomic E-state index is 6.03. The minimum absolute atomic E-state index is 0.683. The maximum Gasteiger partial charge on any atom is 0.115 e. The Bertz CT molecular complexity index is 534. The van der Waals surface area contributed by atoms with E-state index < -0.39 is 0 Å². The minimum atomic E-state index is 0.683. The van der Waals surface area contributed by atoms with Gasteiger partial charge in [0.1, 0.15) is 5.03 Å². The predicted molar refractivity (Wildman–Crippen MR) is 77.4 cm³/mol. The first-order chi connectivity index (χ1) is 8.16. The average molecular weight is 330 g/mol. The second kappa shape index (κ2) is 5.76. The number of nitrogens with zero attached hydrogens (tertiary/aromatic N) is 1. The van der Waals surface area contributed by atoms with Crippen LogP contribution in [0, 0.1) is 0 Å². The second-order valence-electron chi connectivity index (χ2n) is 3.43. The standard InChI is InChI=1S/C12H10BrClN2S/c13-9-4-3-8(6-11(9)15)7-17-12-10(14)2-1-5-16-12/h1-6H,7,15H2. The Kier molecular flexibility index (Phi) is 4.31. The van der Waals surface area contributed by atoms with Crippen LogP contribution in [0.3, 0.4) is 0 Å². The highest BCUT2D eigenvalue weighted by molar-refractivity contribution is 9.10. The number of benzene rings is 1. The number of nitrogen functional groups attached to an aromatic ring is 1. The summed E-state index contributed by atoms with van der Waals surface area (Å²) in [5, 5.41) is 1.53. The van der Waals surface area contributed by atoms with Gasteiger partial charge in [0.25, 0.3) is 0 Å². The summed E-state index contributed by atoms with van der Waals surface area (Å²) >= 11 is 11.0. The number of aromatic nitrogens is 1. The molecule has 0 saturated heterocycles. The van der Waals surface area contributed by atoms with Crippen LogP contribution >= 0.6 is 39.3 Å². The topological polar surface area (TPSA) is 38.9 Å². The lowest BCUT2D eigenvalue weighted by molar-refractivity contribution is 1.13. The molecule has 2 nitrogen and oxygen atoms in total. The number of hydrogen-bond donors (Lipinski definition) is 1. The van der Waals surface area contributed by atoms with Crippen molar-refractivity contribution in [3.05, 3.63) is 51.6 Å². The van der Waals surface area contributed by atoms with Crippen LogP contribution in [0.25, 0.3) is 0 Å². The minimum Gasteiger partial charge on any atom is -0.398 e. The van der Waals surface area contributed by atoms with Gasteiger partial charge in [0.2, 0.25) is 0 Å². The van der Waals surface area contributed by atoms with E-state index in [1.165, 1.54) is 0 Å². The number of hydrogen-bond acceptors (Lipinski definition) is 3. The fourth-order valence-corrected chi connectivity index (χ4v) is 2.67. The lowest BCUT2D eigenvalue weighted by Crippen LogP contribution is -1.89. The molecule has 0 aliphatic carbocycles. The van der Waals surface area contributed by atoms with E-state index in [4.69, 9.17) is 17.3 Å². The third-order valence-electron chi connectivity index (χ3n) is 2.16. The molecule has 88 valence electrons. The van der Waals surface area contributed by atoms with E-state index in [1.807, 2.05) is 30.3 Å². The molecular weight excluding hydrogens is 320 g/mol. The van der Waals surface area contributed by atoms with E-state index in [9.17, 15) is 0 Å². The molecule has 0 atom stereocenters. The summed E-state index contributed by atoms with van der Waals surface area (Å²) in [6.07, 6.45) is 1.74. The van der Waals surface area contributed by atoms with Gasteiger partial charge in [-0.3, -0.25) is 0 Å². The van der Waals surface area contributed by atoms with Gasteiger partial charge < -0.3 is 5.73 Å². The van der Waals surface area contributed by atoms with Crippen LogP contribution in [0.4, 0.5) is 5.69 Å². The maximum atomic E-state index is 6.03. The van der Waals surface area contributed by atoms with Gasteiger partial charge in [-0.05, 0) is 45.8 Å². The highest BCUT2D eigenvalue weighted by atomic mass is 79.9. The van der Waals surface area contributed by atoms with Crippen molar-refractivity contribution in [2.75, 3.05) is 5.73 Å². The first kappa shape index (κ1) is 12.7. The second-order valence-corrected chi connectivity index (χ2v) is 5.66. The molecule has 0 fully saturated rings. The molecule has 2 aromatic rings. The van der Waals surface area contributed by atoms with Crippen LogP contribution in [0.5, 0.6) is 0 Å². The Morgan fingerprint density at radius 3 is 2.88 bits per heavy atom. The van der Waals surface area contributed by atoms with Crippen molar-refractivity contribution in [1.29, 1.82) is 0 Å². The van der Waals surface area contributed by atoms with Gasteiger partial charge in [0, 0.05) is 22.1 Å². The number of thioether (sulfide) groups is 1. The smallest absolute Gasteiger partial charge is 0.115 e. The summed E-state index contributed by atoms with van der Waals surface area (Å²) < 4.78 is 0.919. The zero-order valence-electron chi connectivity index (χ0n) is 8.86. The Morgan fingerprint density at radius 1 is 1.35 bits per heavy atom. The predicted octanol–water partition coefficient (Wildman–Crippen LogP) is 4.37. The molecule has 0 aliphatic rings. The third kappa shape index (κ3) is 3.37. The molecule has 1 aromatic carbocycles. The van der Waals surface area contributed by atoms with E-state index in [-0.39, 0.29) is 0 Å². The molecule has 1 aromatic heterocycles. The van der Waals surface area contributed by atoms with Crippen molar-refractivity contribution < 1.29 is 0 Å². The van der Waals surface area contributed by atoms with Gasteiger partial charge in [0.05, 0.1) is 5.02 Å². The molecule has 0 spiro atoms. The van der Waals surface area contributed by atoms with Gasteiger partial charge in [0.15, 0.2) is 0 Å². The Hall–Kier alpha value is -0.710. The fraction of sp³-hybridized carbons (Fsp3) is 0.0833. The Labute approximate surface area is 118 Å². The zero-order valence-corrected chi connectivity index (χ0v) is 12.0. The van der Waals surface area contributed by atoms with Crippen LogP contribution in [-0.4, -0.2) is 4.98 Å². The van der Waals surface area contributed by atoms with Crippen molar-refractivity contribution >= 4 is 45.0 Å². The Balaban J connectivity index is 2.08. The van der Waals surface area contributed by atoms with Gasteiger partial charge in [-0.1, -0.05) is 17.7 Å². The molecule has 0 radical (unpaired) electrons. The zero-order chi connectivity index (χ0) is 12.3. The first-order valence-corrected chi connectivity index (χ1v) is 7.09. The van der Waals surface area contributed by atoms with Crippen LogP contribution in [0.2, 0.25) is 5.02 Å². The molecule has 0 amide bonds. The van der Waals surface area contributed by atoms with Crippen molar-refractivity contribution in [1.82, 2.24) is 4.98 Å². The van der Waals surface area contributed by atoms with Crippen LogP contribution < -0.4 is 5.73 Å².